The van der Waals surface area contributed by atoms with Gasteiger partial charge in [0, 0.05) is 0 Å². The van der Waals surface area contributed by atoms with E-state index in [1.54, 1.807) is 18.4 Å². The Morgan fingerprint density at radius 3 is 3.00 bits per heavy atom. The van der Waals surface area contributed by atoms with E-state index in [2.05, 4.69) is 15.2 Å². The molecule has 13 heavy (non-hydrogen) atoms. The fourth-order valence-electron chi connectivity index (χ4n) is 0.994. The molecule has 5 heteroatoms. The molecule has 0 aliphatic carbocycles. The molecule has 0 aliphatic heterocycles. The van der Waals surface area contributed by atoms with E-state index in [9.17, 15) is 0 Å². The van der Waals surface area contributed by atoms with Gasteiger partial charge in [0.25, 0.3) is 0 Å². The van der Waals surface area contributed by atoms with Crippen LogP contribution in [0.3, 0.4) is 0 Å². The zero-order chi connectivity index (χ0) is 9.26. The highest BCUT2D eigenvalue weighted by Crippen LogP contribution is 2.15. The van der Waals surface area contributed by atoms with Gasteiger partial charge >= 0.3 is 0 Å². The molecule has 0 aliphatic rings. The van der Waals surface area contributed by atoms with Crippen molar-refractivity contribution in [2.24, 2.45) is 5.73 Å². The minimum Gasteiger partial charge on any atom is -0.461 e. The minimum absolute atomic E-state index is 0.142. The summed E-state index contributed by atoms with van der Waals surface area (Å²) in [7, 11) is 0. The lowest BCUT2D eigenvalue weighted by atomic mass is 10.3. The van der Waals surface area contributed by atoms with Crippen molar-refractivity contribution in [3.63, 3.8) is 0 Å². The Kier molecular flexibility index (Phi) is 1.86. The second kappa shape index (κ2) is 3.02. The molecular formula is C8H10N4O. The molecule has 2 aromatic rings. The third-order valence-corrected chi connectivity index (χ3v) is 1.68. The van der Waals surface area contributed by atoms with E-state index in [0.717, 1.165) is 0 Å². The Labute approximate surface area is 75.0 Å². The molecule has 0 radical (unpaired) electrons. The molecule has 0 bridgehead atoms. The highest BCUT2D eigenvalue weighted by molar-refractivity contribution is 5.45. The van der Waals surface area contributed by atoms with Crippen LogP contribution in [0, 0.1) is 0 Å². The van der Waals surface area contributed by atoms with Crippen molar-refractivity contribution in [3.05, 3.63) is 24.2 Å². The first kappa shape index (κ1) is 8.00. The van der Waals surface area contributed by atoms with E-state index in [-0.39, 0.29) is 6.04 Å². The zero-order valence-electron chi connectivity index (χ0n) is 7.19. The number of rotatable bonds is 2. The average molecular weight is 178 g/mol. The van der Waals surface area contributed by atoms with E-state index in [4.69, 9.17) is 10.2 Å². The molecule has 0 saturated carbocycles. The number of aromatic nitrogens is 3. The maximum atomic E-state index is 5.62. The molecule has 0 unspecified atom stereocenters. The first-order valence-electron chi connectivity index (χ1n) is 3.99. The molecule has 3 N–H and O–H groups in total. The lowest BCUT2D eigenvalue weighted by Crippen LogP contribution is -2.06. The number of nitrogens with zero attached hydrogens (tertiary/aromatic N) is 2. The van der Waals surface area contributed by atoms with Gasteiger partial charge in [0.05, 0.1) is 12.3 Å². The van der Waals surface area contributed by atoms with Crippen molar-refractivity contribution < 1.29 is 4.42 Å². The van der Waals surface area contributed by atoms with Crippen LogP contribution in [0.4, 0.5) is 0 Å². The normalized spacial score (nSPS) is 13.1. The van der Waals surface area contributed by atoms with Crippen LogP contribution < -0.4 is 5.73 Å². The summed E-state index contributed by atoms with van der Waals surface area (Å²) in [5, 5.41) is 6.72. The van der Waals surface area contributed by atoms with Gasteiger partial charge in [-0.15, -0.1) is 5.10 Å². The highest BCUT2D eigenvalue weighted by Gasteiger charge is 2.09. The van der Waals surface area contributed by atoms with E-state index in [0.29, 0.717) is 17.4 Å². The quantitative estimate of drug-likeness (QED) is 0.721. The average Bonchev–Trinajstić information content (AvgIpc) is 2.75. The maximum absolute atomic E-state index is 5.62. The Hall–Kier alpha value is -1.62. The topological polar surface area (TPSA) is 80.7 Å². The van der Waals surface area contributed by atoms with Crippen LogP contribution in [-0.2, 0) is 0 Å². The molecule has 0 saturated heterocycles. The number of hydrogen-bond donors (Lipinski definition) is 2. The van der Waals surface area contributed by atoms with Crippen LogP contribution in [0.2, 0.25) is 0 Å². The molecule has 0 fully saturated rings. The van der Waals surface area contributed by atoms with Crippen LogP contribution in [0.5, 0.6) is 0 Å². The summed E-state index contributed by atoms with van der Waals surface area (Å²) in [4.78, 5) is 4.17. The second-order valence-electron chi connectivity index (χ2n) is 2.81. The van der Waals surface area contributed by atoms with E-state index >= 15 is 0 Å². The predicted octanol–water partition coefficient (Wildman–Crippen LogP) is 1.08. The summed E-state index contributed by atoms with van der Waals surface area (Å²) in [6.07, 6.45) is 1.58. The third-order valence-electron chi connectivity index (χ3n) is 1.68. The number of nitrogens with one attached hydrogen (secondary N) is 1. The first-order chi connectivity index (χ1) is 6.27. The molecule has 2 aromatic heterocycles. The third kappa shape index (κ3) is 1.46. The number of aromatic amines is 1. The molecule has 2 rings (SSSR count). The van der Waals surface area contributed by atoms with Crippen molar-refractivity contribution in [2.75, 3.05) is 0 Å². The summed E-state index contributed by atoms with van der Waals surface area (Å²) in [6, 6.07) is 3.45. The Morgan fingerprint density at radius 2 is 2.46 bits per heavy atom. The number of H-pyrrole nitrogens is 1. The van der Waals surface area contributed by atoms with Crippen molar-refractivity contribution in [3.8, 4) is 11.6 Å². The number of nitrogens with two attached hydrogens (primary N) is 1. The molecule has 1 atom stereocenters. The van der Waals surface area contributed by atoms with Crippen molar-refractivity contribution in [1.29, 1.82) is 0 Å². The predicted molar refractivity (Wildman–Crippen MR) is 46.7 cm³/mol. The monoisotopic (exact) mass is 178 g/mol. The van der Waals surface area contributed by atoms with Gasteiger partial charge < -0.3 is 10.2 Å². The maximum Gasteiger partial charge on any atom is 0.216 e. The van der Waals surface area contributed by atoms with E-state index in [1.165, 1.54) is 0 Å². The summed E-state index contributed by atoms with van der Waals surface area (Å²) < 4.78 is 5.13. The van der Waals surface area contributed by atoms with Gasteiger partial charge in [0.1, 0.15) is 5.82 Å². The van der Waals surface area contributed by atoms with Crippen LogP contribution in [-0.4, -0.2) is 15.2 Å². The molecule has 0 spiro atoms. The summed E-state index contributed by atoms with van der Waals surface area (Å²) >= 11 is 0. The van der Waals surface area contributed by atoms with Gasteiger partial charge in [-0.2, -0.15) is 0 Å². The first-order valence-corrected chi connectivity index (χ1v) is 3.99. The van der Waals surface area contributed by atoms with Crippen LogP contribution in [0.1, 0.15) is 18.8 Å². The fraction of sp³-hybridized carbons (Fsp3) is 0.250. The van der Waals surface area contributed by atoms with Gasteiger partial charge in [-0.3, -0.25) is 5.10 Å². The number of furan rings is 1. The van der Waals surface area contributed by atoms with Gasteiger partial charge in [0.2, 0.25) is 5.82 Å². The molecule has 2 heterocycles. The lowest BCUT2D eigenvalue weighted by Gasteiger charge is -1.95. The smallest absolute Gasteiger partial charge is 0.216 e. The number of hydrogen-bond acceptors (Lipinski definition) is 4. The fourth-order valence-corrected chi connectivity index (χ4v) is 0.994. The van der Waals surface area contributed by atoms with E-state index in [1.807, 2.05) is 6.92 Å². The standard InChI is InChI=1S/C8H10N4O/c1-5(9)7-10-8(12-11-7)6-3-2-4-13-6/h2-5H,9H2,1H3,(H,10,11,12)/t5-/m1/s1. The van der Waals surface area contributed by atoms with Crippen molar-refractivity contribution >= 4 is 0 Å². The van der Waals surface area contributed by atoms with Crippen molar-refractivity contribution in [2.45, 2.75) is 13.0 Å². The highest BCUT2D eigenvalue weighted by atomic mass is 16.3. The molecule has 68 valence electrons. The van der Waals surface area contributed by atoms with Crippen LogP contribution in [0.15, 0.2) is 22.8 Å². The van der Waals surface area contributed by atoms with Crippen molar-refractivity contribution in [1.82, 2.24) is 15.2 Å². The molecular weight excluding hydrogens is 168 g/mol. The van der Waals surface area contributed by atoms with Gasteiger partial charge in [-0.05, 0) is 19.1 Å². The van der Waals surface area contributed by atoms with E-state index < -0.39 is 0 Å². The van der Waals surface area contributed by atoms with Gasteiger partial charge in [0.15, 0.2) is 5.76 Å². The molecule has 5 nitrogen and oxygen atoms in total. The summed E-state index contributed by atoms with van der Waals surface area (Å²) in [6.45, 7) is 1.84. The van der Waals surface area contributed by atoms with Gasteiger partial charge in [-0.25, -0.2) is 4.98 Å². The molecule has 0 amide bonds. The van der Waals surface area contributed by atoms with Crippen LogP contribution >= 0.6 is 0 Å². The van der Waals surface area contributed by atoms with Gasteiger partial charge in [-0.1, -0.05) is 0 Å². The Balaban J connectivity index is 2.33. The summed E-state index contributed by atoms with van der Waals surface area (Å²) in [5.41, 5.74) is 5.62. The SMILES string of the molecule is C[C@@H](N)c1nc(-c2ccco2)n[nH]1. The Morgan fingerprint density at radius 1 is 1.62 bits per heavy atom. The zero-order valence-corrected chi connectivity index (χ0v) is 7.19. The Bertz CT molecular complexity index is 377. The van der Waals surface area contributed by atoms with Crippen LogP contribution in [0.25, 0.3) is 11.6 Å². The lowest BCUT2D eigenvalue weighted by molar-refractivity contribution is 0.577. The minimum atomic E-state index is -0.142. The second-order valence-corrected chi connectivity index (χ2v) is 2.81. The largest absolute Gasteiger partial charge is 0.461 e. The molecule has 0 aromatic carbocycles. The summed E-state index contributed by atoms with van der Waals surface area (Å²) in [5.74, 6) is 1.84.